The fraction of sp³-hybridized carbons (Fsp3) is 0.476. The first-order valence-corrected chi connectivity index (χ1v) is 9.04. The van der Waals surface area contributed by atoms with Gasteiger partial charge in [0.15, 0.2) is 23.6 Å². The molecule has 1 heterocycles. The lowest BCUT2D eigenvalue weighted by Gasteiger charge is -2.38. The molecule has 1 saturated heterocycles. The number of hydrogen-bond acceptors (Lipinski definition) is 4. The maximum absolute atomic E-state index is 14.4. The molecule has 146 valence electrons. The van der Waals surface area contributed by atoms with Crippen molar-refractivity contribution in [1.82, 2.24) is 0 Å². The van der Waals surface area contributed by atoms with E-state index >= 15 is 0 Å². The molecule has 0 radical (unpaired) electrons. The molecule has 0 aromatic heterocycles. The molecular formula is C21H24F2O4. The zero-order chi connectivity index (χ0) is 19.8. The number of carbonyl (C=O) groups is 1. The van der Waals surface area contributed by atoms with Crippen LogP contribution in [0.1, 0.15) is 32.3 Å². The van der Waals surface area contributed by atoms with Crippen LogP contribution in [0.4, 0.5) is 8.78 Å². The highest BCUT2D eigenvalue weighted by atomic mass is 19.1. The van der Waals surface area contributed by atoms with E-state index in [4.69, 9.17) is 14.2 Å². The molecule has 4 atom stereocenters. The molecule has 2 aliphatic rings. The Bertz CT molecular complexity index is 789. The van der Waals surface area contributed by atoms with Crippen LogP contribution < -0.4 is 4.74 Å². The van der Waals surface area contributed by atoms with E-state index in [-0.39, 0.29) is 35.4 Å². The van der Waals surface area contributed by atoms with Gasteiger partial charge in [-0.05, 0) is 43.7 Å². The third-order valence-electron chi connectivity index (χ3n) is 5.41. The average molecular weight is 378 g/mol. The third-order valence-corrected chi connectivity index (χ3v) is 5.41. The number of benzene rings is 1. The van der Waals surface area contributed by atoms with Gasteiger partial charge in [0, 0.05) is 18.1 Å². The summed E-state index contributed by atoms with van der Waals surface area (Å²) in [6, 6.07) is 2.20. The largest absolute Gasteiger partial charge is 0.494 e. The standard InChI is InChI=1S/C21H24F2O4/c1-5-6-14-11-21(20(10-18(14)24)26-13(3)27-21)12(2)7-15-8-17(23)19(25-4)9-16(15)22/h5,8-10,12-14H,1,6-7,11H2,2-4H3/t12?,13?,14-,21+/m0/s1. The first-order chi connectivity index (χ1) is 12.8. The fourth-order valence-electron chi connectivity index (χ4n) is 4.01. The number of carbonyl (C=O) groups excluding carboxylic acids is 1. The molecule has 4 nitrogen and oxygen atoms in total. The van der Waals surface area contributed by atoms with Gasteiger partial charge in [0.05, 0.1) is 7.11 Å². The third kappa shape index (κ3) is 3.50. The van der Waals surface area contributed by atoms with Crippen LogP contribution in [0, 0.1) is 23.5 Å². The molecule has 1 aliphatic carbocycles. The molecule has 0 bridgehead atoms. The van der Waals surface area contributed by atoms with Crippen molar-refractivity contribution >= 4 is 5.78 Å². The molecule has 27 heavy (non-hydrogen) atoms. The number of ketones is 1. The lowest BCUT2D eigenvalue weighted by Crippen LogP contribution is -2.45. The summed E-state index contributed by atoms with van der Waals surface area (Å²) in [5, 5.41) is 0. The van der Waals surface area contributed by atoms with E-state index in [1.165, 1.54) is 13.2 Å². The number of halogens is 2. The van der Waals surface area contributed by atoms with Crippen LogP contribution in [-0.2, 0) is 20.7 Å². The maximum Gasteiger partial charge on any atom is 0.197 e. The lowest BCUT2D eigenvalue weighted by atomic mass is 9.71. The van der Waals surface area contributed by atoms with Crippen molar-refractivity contribution < 1.29 is 27.8 Å². The summed E-state index contributed by atoms with van der Waals surface area (Å²) in [5.74, 6) is -1.34. The normalized spacial score (nSPS) is 28.2. The van der Waals surface area contributed by atoms with Crippen molar-refractivity contribution in [1.29, 1.82) is 0 Å². The van der Waals surface area contributed by atoms with Gasteiger partial charge in [-0.25, -0.2) is 8.78 Å². The molecular weight excluding hydrogens is 354 g/mol. The van der Waals surface area contributed by atoms with Crippen molar-refractivity contribution in [3.05, 3.63) is 53.8 Å². The minimum atomic E-state index is -0.843. The molecule has 6 heteroatoms. The average Bonchev–Trinajstić information content (AvgIpc) is 2.94. The topological polar surface area (TPSA) is 44.8 Å². The van der Waals surface area contributed by atoms with E-state index in [1.807, 2.05) is 6.92 Å². The van der Waals surface area contributed by atoms with E-state index in [9.17, 15) is 13.6 Å². The maximum atomic E-state index is 14.4. The number of ether oxygens (including phenoxy) is 3. The van der Waals surface area contributed by atoms with Crippen LogP contribution in [0.15, 0.2) is 36.6 Å². The number of methoxy groups -OCH3 is 1. The van der Waals surface area contributed by atoms with Crippen molar-refractivity contribution in [3.63, 3.8) is 0 Å². The van der Waals surface area contributed by atoms with Gasteiger partial charge in [-0.1, -0.05) is 13.0 Å². The highest BCUT2D eigenvalue weighted by molar-refractivity contribution is 5.93. The number of rotatable bonds is 6. The molecule has 3 rings (SSSR count). The molecule has 1 aromatic carbocycles. The van der Waals surface area contributed by atoms with Crippen molar-refractivity contribution in [2.24, 2.45) is 11.8 Å². The van der Waals surface area contributed by atoms with Gasteiger partial charge in [0.25, 0.3) is 0 Å². The van der Waals surface area contributed by atoms with Gasteiger partial charge >= 0.3 is 0 Å². The summed E-state index contributed by atoms with van der Waals surface area (Å²) in [4.78, 5) is 12.3. The highest BCUT2D eigenvalue weighted by Gasteiger charge is 2.53. The van der Waals surface area contributed by atoms with Crippen molar-refractivity contribution in [2.75, 3.05) is 7.11 Å². The monoisotopic (exact) mass is 378 g/mol. The van der Waals surface area contributed by atoms with Gasteiger partial charge in [-0.3, -0.25) is 4.79 Å². The summed E-state index contributed by atoms with van der Waals surface area (Å²) in [6.45, 7) is 7.37. The lowest BCUT2D eigenvalue weighted by molar-refractivity contribution is -0.127. The summed E-state index contributed by atoms with van der Waals surface area (Å²) >= 11 is 0. The summed E-state index contributed by atoms with van der Waals surface area (Å²) in [7, 11) is 1.29. The van der Waals surface area contributed by atoms with Gasteiger partial charge in [0.2, 0.25) is 0 Å². The smallest absolute Gasteiger partial charge is 0.197 e. The zero-order valence-corrected chi connectivity index (χ0v) is 15.8. The molecule has 0 N–H and O–H groups in total. The Morgan fingerprint density at radius 1 is 1.41 bits per heavy atom. The molecule has 0 saturated carbocycles. The van der Waals surface area contributed by atoms with Crippen LogP contribution in [0.5, 0.6) is 5.75 Å². The van der Waals surface area contributed by atoms with E-state index < -0.39 is 23.5 Å². The summed E-state index contributed by atoms with van der Waals surface area (Å²) < 4.78 is 45.1. The molecule has 0 amide bonds. The van der Waals surface area contributed by atoms with Crippen molar-refractivity contribution in [2.45, 2.75) is 45.0 Å². The molecule has 2 unspecified atom stereocenters. The van der Waals surface area contributed by atoms with Crippen molar-refractivity contribution in [3.8, 4) is 5.75 Å². The van der Waals surface area contributed by atoms with Crippen LogP contribution in [-0.4, -0.2) is 24.8 Å². The minimum Gasteiger partial charge on any atom is -0.494 e. The predicted octanol–water partition coefficient (Wildman–Crippen LogP) is 4.33. The van der Waals surface area contributed by atoms with Gasteiger partial charge in [-0.15, -0.1) is 6.58 Å². The second-order valence-electron chi connectivity index (χ2n) is 7.21. The van der Waals surface area contributed by atoms with E-state index in [0.29, 0.717) is 18.6 Å². The predicted molar refractivity (Wildman–Crippen MR) is 96.2 cm³/mol. The van der Waals surface area contributed by atoms with Gasteiger partial charge in [-0.2, -0.15) is 0 Å². The molecule has 1 aromatic rings. The number of allylic oxidation sites excluding steroid dienone is 2. The second kappa shape index (κ2) is 7.43. The number of fused-ring (bicyclic) bond motifs is 1. The number of hydrogen-bond donors (Lipinski definition) is 0. The molecule has 1 aliphatic heterocycles. The Morgan fingerprint density at radius 2 is 2.15 bits per heavy atom. The second-order valence-corrected chi connectivity index (χ2v) is 7.21. The molecule has 0 spiro atoms. The van der Waals surface area contributed by atoms with E-state index in [0.717, 1.165) is 12.1 Å². The first-order valence-electron chi connectivity index (χ1n) is 9.04. The van der Waals surface area contributed by atoms with Crippen LogP contribution in [0.3, 0.4) is 0 Å². The van der Waals surface area contributed by atoms with E-state index in [2.05, 4.69) is 6.58 Å². The zero-order valence-electron chi connectivity index (χ0n) is 15.8. The van der Waals surface area contributed by atoms with Crippen LogP contribution in [0.25, 0.3) is 0 Å². The minimum absolute atomic E-state index is 0.0212. The Morgan fingerprint density at radius 3 is 2.81 bits per heavy atom. The van der Waals surface area contributed by atoms with Crippen LogP contribution in [0.2, 0.25) is 0 Å². The molecule has 1 fully saturated rings. The fourth-order valence-corrected chi connectivity index (χ4v) is 4.01. The first kappa shape index (κ1) is 19.5. The SMILES string of the molecule is C=CC[C@H]1C[C@]2(C(C)Cc3cc(F)c(OC)cc3F)OC(C)OC2=CC1=O. The highest BCUT2D eigenvalue weighted by Crippen LogP contribution is 2.48. The summed E-state index contributed by atoms with van der Waals surface area (Å²) in [5.41, 5.74) is -0.612. The quantitative estimate of drug-likeness (QED) is 0.691. The van der Waals surface area contributed by atoms with Crippen LogP contribution >= 0.6 is 0 Å². The Kier molecular flexibility index (Phi) is 5.38. The van der Waals surface area contributed by atoms with Gasteiger partial charge < -0.3 is 14.2 Å². The summed E-state index contributed by atoms with van der Waals surface area (Å²) in [6.07, 6.45) is 3.87. The Balaban J connectivity index is 1.93. The van der Waals surface area contributed by atoms with Gasteiger partial charge in [0.1, 0.15) is 17.2 Å². The van der Waals surface area contributed by atoms with E-state index in [1.54, 1.807) is 13.0 Å². The Hall–Kier alpha value is -2.21. The Labute approximate surface area is 157 Å².